The number of methoxy groups -OCH3 is 1. The third kappa shape index (κ3) is 4.44. The Hall–Kier alpha value is -0.930. The van der Waals surface area contributed by atoms with Crippen LogP contribution in [0, 0.1) is 0 Å². The highest BCUT2D eigenvalue weighted by Gasteiger charge is 2.14. The van der Waals surface area contributed by atoms with E-state index in [9.17, 15) is 0 Å². The third-order valence-electron chi connectivity index (χ3n) is 2.93. The minimum atomic E-state index is 0.353. The first-order valence-electron chi connectivity index (χ1n) is 6.49. The van der Waals surface area contributed by atoms with Crippen molar-refractivity contribution in [3.8, 4) is 0 Å². The van der Waals surface area contributed by atoms with Crippen LogP contribution in [0.15, 0.2) is 18.3 Å². The van der Waals surface area contributed by atoms with Crippen LogP contribution < -0.4 is 5.32 Å². The second-order valence-electron chi connectivity index (χ2n) is 4.15. The smallest absolute Gasteiger partial charge is 0.0604 e. The zero-order valence-electron chi connectivity index (χ0n) is 11.2. The van der Waals surface area contributed by atoms with Gasteiger partial charge in [-0.15, -0.1) is 0 Å². The van der Waals surface area contributed by atoms with Gasteiger partial charge in [0, 0.05) is 26.0 Å². The molecule has 1 atom stereocenters. The monoisotopic (exact) mass is 236 g/mol. The Morgan fingerprint density at radius 2 is 2.24 bits per heavy atom. The summed E-state index contributed by atoms with van der Waals surface area (Å²) in [5.74, 6) is 0. The summed E-state index contributed by atoms with van der Waals surface area (Å²) in [6.07, 6.45) is 5.06. The van der Waals surface area contributed by atoms with Crippen molar-refractivity contribution in [3.63, 3.8) is 0 Å². The van der Waals surface area contributed by atoms with Crippen molar-refractivity contribution in [1.82, 2.24) is 10.3 Å². The van der Waals surface area contributed by atoms with E-state index >= 15 is 0 Å². The summed E-state index contributed by atoms with van der Waals surface area (Å²) >= 11 is 0. The van der Waals surface area contributed by atoms with Crippen molar-refractivity contribution < 1.29 is 4.74 Å². The number of rotatable bonds is 8. The van der Waals surface area contributed by atoms with E-state index < -0.39 is 0 Å². The predicted octanol–water partition coefficient (Wildman–Crippen LogP) is 2.72. The molecule has 0 bridgehead atoms. The molecule has 0 radical (unpaired) electrons. The fourth-order valence-electron chi connectivity index (χ4n) is 2.08. The fraction of sp³-hybridized carbons (Fsp3) is 0.643. The molecule has 0 amide bonds. The van der Waals surface area contributed by atoms with Crippen molar-refractivity contribution in [2.45, 2.75) is 39.2 Å². The number of hydrogen-bond acceptors (Lipinski definition) is 3. The molecule has 0 spiro atoms. The molecule has 0 saturated carbocycles. The molecule has 1 aromatic heterocycles. The molecule has 1 unspecified atom stereocenters. The number of ether oxygens (including phenoxy) is 1. The van der Waals surface area contributed by atoms with Gasteiger partial charge in [0.25, 0.3) is 0 Å². The maximum Gasteiger partial charge on any atom is 0.0604 e. The minimum absolute atomic E-state index is 0.353. The lowest BCUT2D eigenvalue weighted by Gasteiger charge is -2.19. The summed E-state index contributed by atoms with van der Waals surface area (Å²) in [6.45, 7) is 6.10. The standard InChI is InChI=1S/C14H24N2O/c1-4-12-8-6-10-16-14(12)13(15-5-2)9-7-11-17-3/h6,8,10,13,15H,4-5,7,9,11H2,1-3H3. The van der Waals surface area contributed by atoms with E-state index in [0.29, 0.717) is 6.04 Å². The van der Waals surface area contributed by atoms with Gasteiger partial charge in [0.05, 0.1) is 5.69 Å². The third-order valence-corrected chi connectivity index (χ3v) is 2.93. The molecule has 0 saturated heterocycles. The Morgan fingerprint density at radius 3 is 2.88 bits per heavy atom. The average Bonchev–Trinajstić information content (AvgIpc) is 2.38. The van der Waals surface area contributed by atoms with Gasteiger partial charge in [-0.2, -0.15) is 0 Å². The van der Waals surface area contributed by atoms with Crippen molar-refractivity contribution in [2.75, 3.05) is 20.3 Å². The number of nitrogens with one attached hydrogen (secondary N) is 1. The average molecular weight is 236 g/mol. The summed E-state index contributed by atoms with van der Waals surface area (Å²) in [6, 6.07) is 4.54. The fourth-order valence-corrected chi connectivity index (χ4v) is 2.08. The maximum atomic E-state index is 5.11. The molecule has 17 heavy (non-hydrogen) atoms. The van der Waals surface area contributed by atoms with Gasteiger partial charge in [-0.25, -0.2) is 0 Å². The predicted molar refractivity (Wildman–Crippen MR) is 71.1 cm³/mol. The van der Waals surface area contributed by atoms with E-state index in [-0.39, 0.29) is 0 Å². The van der Waals surface area contributed by atoms with Crippen molar-refractivity contribution in [1.29, 1.82) is 0 Å². The molecule has 0 aliphatic heterocycles. The van der Waals surface area contributed by atoms with Crippen molar-refractivity contribution >= 4 is 0 Å². The maximum absolute atomic E-state index is 5.11. The van der Waals surface area contributed by atoms with Gasteiger partial charge >= 0.3 is 0 Å². The van der Waals surface area contributed by atoms with Gasteiger partial charge < -0.3 is 10.1 Å². The Morgan fingerprint density at radius 1 is 1.41 bits per heavy atom. The first kappa shape index (κ1) is 14.1. The molecular formula is C14H24N2O. The SMILES string of the molecule is CCNC(CCCOC)c1ncccc1CC. The lowest BCUT2D eigenvalue weighted by Crippen LogP contribution is -2.23. The molecule has 1 aromatic rings. The zero-order chi connectivity index (χ0) is 12.5. The van der Waals surface area contributed by atoms with Crippen LogP contribution in [-0.2, 0) is 11.2 Å². The number of hydrogen-bond donors (Lipinski definition) is 1. The molecule has 3 heteroatoms. The van der Waals surface area contributed by atoms with E-state index in [0.717, 1.165) is 32.4 Å². The lowest BCUT2D eigenvalue weighted by atomic mass is 10.0. The summed E-state index contributed by atoms with van der Waals surface area (Å²) in [5, 5.41) is 3.51. The van der Waals surface area contributed by atoms with Gasteiger partial charge in [0.2, 0.25) is 0 Å². The first-order chi connectivity index (χ1) is 8.33. The second-order valence-corrected chi connectivity index (χ2v) is 4.15. The summed E-state index contributed by atoms with van der Waals surface area (Å²) in [4.78, 5) is 4.54. The van der Waals surface area contributed by atoms with E-state index in [1.807, 2.05) is 12.3 Å². The Labute approximate surface area is 105 Å². The Balaban J connectivity index is 2.73. The molecule has 96 valence electrons. The van der Waals surface area contributed by atoms with Gasteiger partial charge in [0.1, 0.15) is 0 Å². The number of aryl methyl sites for hydroxylation is 1. The quantitative estimate of drug-likeness (QED) is 0.705. The second kappa shape index (κ2) is 8.20. The Kier molecular flexibility index (Phi) is 6.82. The highest BCUT2D eigenvalue weighted by atomic mass is 16.5. The normalized spacial score (nSPS) is 12.6. The largest absolute Gasteiger partial charge is 0.385 e. The molecular weight excluding hydrogens is 212 g/mol. The summed E-state index contributed by atoms with van der Waals surface area (Å²) in [7, 11) is 1.75. The molecule has 1 heterocycles. The Bertz CT molecular complexity index is 315. The summed E-state index contributed by atoms with van der Waals surface area (Å²) < 4.78 is 5.11. The van der Waals surface area contributed by atoms with Crippen molar-refractivity contribution in [3.05, 3.63) is 29.6 Å². The molecule has 0 fully saturated rings. The summed E-state index contributed by atoms with van der Waals surface area (Å²) in [5.41, 5.74) is 2.55. The first-order valence-corrected chi connectivity index (χ1v) is 6.49. The topological polar surface area (TPSA) is 34.1 Å². The van der Waals surface area contributed by atoms with E-state index in [4.69, 9.17) is 4.74 Å². The molecule has 3 nitrogen and oxygen atoms in total. The number of nitrogens with zero attached hydrogens (tertiary/aromatic N) is 1. The van der Waals surface area contributed by atoms with Crippen LogP contribution in [-0.4, -0.2) is 25.2 Å². The van der Waals surface area contributed by atoms with Crippen LogP contribution in [0.4, 0.5) is 0 Å². The van der Waals surface area contributed by atoms with E-state index in [1.165, 1.54) is 11.3 Å². The molecule has 1 rings (SSSR count). The van der Waals surface area contributed by atoms with Crippen molar-refractivity contribution in [2.24, 2.45) is 0 Å². The highest BCUT2D eigenvalue weighted by molar-refractivity contribution is 5.22. The zero-order valence-corrected chi connectivity index (χ0v) is 11.2. The lowest BCUT2D eigenvalue weighted by molar-refractivity contribution is 0.188. The van der Waals surface area contributed by atoms with Crippen LogP contribution in [0.3, 0.4) is 0 Å². The molecule has 1 N–H and O–H groups in total. The van der Waals surface area contributed by atoms with Gasteiger partial charge in [-0.05, 0) is 37.4 Å². The van der Waals surface area contributed by atoms with Crippen LogP contribution in [0.25, 0.3) is 0 Å². The molecule has 0 aliphatic rings. The van der Waals surface area contributed by atoms with Gasteiger partial charge in [0.15, 0.2) is 0 Å². The molecule has 0 aliphatic carbocycles. The van der Waals surface area contributed by atoms with Crippen LogP contribution in [0.5, 0.6) is 0 Å². The molecule has 0 aromatic carbocycles. The van der Waals surface area contributed by atoms with Crippen LogP contribution in [0.1, 0.15) is 44.0 Å². The highest BCUT2D eigenvalue weighted by Crippen LogP contribution is 2.20. The number of pyridine rings is 1. The van der Waals surface area contributed by atoms with Gasteiger partial charge in [-0.3, -0.25) is 4.98 Å². The van der Waals surface area contributed by atoms with Crippen LogP contribution in [0.2, 0.25) is 0 Å². The van der Waals surface area contributed by atoms with E-state index in [1.54, 1.807) is 7.11 Å². The minimum Gasteiger partial charge on any atom is -0.385 e. The van der Waals surface area contributed by atoms with Crippen LogP contribution >= 0.6 is 0 Å². The van der Waals surface area contributed by atoms with Gasteiger partial charge in [-0.1, -0.05) is 19.9 Å². The number of aromatic nitrogens is 1. The van der Waals surface area contributed by atoms with E-state index in [2.05, 4.69) is 30.2 Å².